The molecule has 0 N–H and O–H groups in total. The second-order valence-corrected chi connectivity index (χ2v) is 6.04. The predicted molar refractivity (Wildman–Crippen MR) is 87.2 cm³/mol. The van der Waals surface area contributed by atoms with Crippen LogP contribution in [-0.2, 0) is 11.3 Å². The minimum Gasteiger partial charge on any atom is -0.444 e. The molecule has 1 heterocycles. The first-order valence-electron chi connectivity index (χ1n) is 7.15. The second-order valence-electron chi connectivity index (χ2n) is 6.04. The van der Waals surface area contributed by atoms with Gasteiger partial charge in [0.25, 0.3) is 0 Å². The lowest BCUT2D eigenvalue weighted by Gasteiger charge is -2.26. The summed E-state index contributed by atoms with van der Waals surface area (Å²) in [5.41, 5.74) is 1.12. The van der Waals surface area contributed by atoms with Gasteiger partial charge >= 0.3 is 6.09 Å². The highest BCUT2D eigenvalue weighted by Gasteiger charge is 2.22. The molecule has 1 amide bonds. The Bertz CT molecular complexity index is 711. The van der Waals surface area contributed by atoms with Crippen LogP contribution in [0.1, 0.15) is 26.5 Å². The number of hydrogen-bond donors (Lipinski definition) is 0. The van der Waals surface area contributed by atoms with E-state index in [4.69, 9.17) is 11.2 Å². The number of rotatable bonds is 3. The lowest BCUT2D eigenvalue weighted by molar-refractivity contribution is 0.0258. The second kappa shape index (κ2) is 6.48. The van der Waals surface area contributed by atoms with Gasteiger partial charge < -0.3 is 4.74 Å². The summed E-state index contributed by atoms with van der Waals surface area (Å²) in [6.45, 7) is 5.99. The number of fused-ring (bicyclic) bond motifs is 1. The quantitative estimate of drug-likeness (QED) is 0.813. The summed E-state index contributed by atoms with van der Waals surface area (Å²) >= 11 is 0. The molecule has 114 valence electrons. The molecule has 0 aliphatic rings. The smallest absolute Gasteiger partial charge is 0.411 e. The van der Waals surface area contributed by atoms with Crippen molar-refractivity contribution in [2.24, 2.45) is 0 Å². The molecule has 0 aliphatic heterocycles. The van der Waals surface area contributed by atoms with Gasteiger partial charge in [0.1, 0.15) is 5.60 Å². The molecule has 0 bridgehead atoms. The molecule has 0 saturated heterocycles. The number of benzene rings is 1. The van der Waals surface area contributed by atoms with Gasteiger partial charge in [-0.05, 0) is 32.9 Å². The first-order valence-corrected chi connectivity index (χ1v) is 7.15. The summed E-state index contributed by atoms with van der Waals surface area (Å²) in [6.07, 6.45) is 4.93. The van der Waals surface area contributed by atoms with Crippen molar-refractivity contribution in [3.8, 4) is 12.3 Å². The lowest BCUT2D eigenvalue weighted by atomic mass is 10.2. The summed E-state index contributed by atoms with van der Waals surface area (Å²) in [7, 11) is 0. The number of pyridine rings is 1. The highest BCUT2D eigenvalue weighted by atomic mass is 16.6. The van der Waals surface area contributed by atoms with Gasteiger partial charge in [0, 0.05) is 5.39 Å². The normalized spacial score (nSPS) is 11.0. The molecule has 0 spiro atoms. The van der Waals surface area contributed by atoms with Crippen LogP contribution in [0.25, 0.3) is 10.9 Å². The molecule has 0 aliphatic carbocycles. The Morgan fingerprint density at radius 3 is 2.68 bits per heavy atom. The van der Waals surface area contributed by atoms with E-state index >= 15 is 0 Å². The SMILES string of the molecule is C#CCN(Cc1ccc2ccccc2n1)C(=O)OC(C)(C)C. The van der Waals surface area contributed by atoms with Gasteiger partial charge in [-0.25, -0.2) is 4.79 Å². The Balaban J connectivity index is 2.19. The van der Waals surface area contributed by atoms with E-state index in [1.165, 1.54) is 4.90 Å². The Kier molecular flexibility index (Phi) is 4.67. The van der Waals surface area contributed by atoms with Gasteiger partial charge in [-0.2, -0.15) is 0 Å². The lowest BCUT2D eigenvalue weighted by Crippen LogP contribution is -2.36. The fourth-order valence-electron chi connectivity index (χ4n) is 2.01. The topological polar surface area (TPSA) is 42.4 Å². The number of amides is 1. The van der Waals surface area contributed by atoms with E-state index in [1.54, 1.807) is 0 Å². The number of ether oxygens (including phenoxy) is 1. The van der Waals surface area contributed by atoms with E-state index in [-0.39, 0.29) is 6.54 Å². The zero-order valence-corrected chi connectivity index (χ0v) is 13.2. The largest absolute Gasteiger partial charge is 0.444 e. The summed E-state index contributed by atoms with van der Waals surface area (Å²) < 4.78 is 5.38. The molecule has 2 aromatic rings. The van der Waals surface area contributed by atoms with Gasteiger partial charge in [-0.3, -0.25) is 9.88 Å². The van der Waals surface area contributed by atoms with Crippen LogP contribution in [0, 0.1) is 12.3 Å². The van der Waals surface area contributed by atoms with Crippen molar-refractivity contribution in [3.05, 3.63) is 42.1 Å². The number of hydrogen-bond acceptors (Lipinski definition) is 3. The van der Waals surface area contributed by atoms with E-state index in [0.717, 1.165) is 16.6 Å². The maximum atomic E-state index is 12.2. The van der Waals surface area contributed by atoms with Crippen LogP contribution in [-0.4, -0.2) is 28.1 Å². The first-order chi connectivity index (χ1) is 10.4. The Hall–Kier alpha value is -2.54. The predicted octanol–water partition coefficient (Wildman–Crippen LogP) is 3.61. The average Bonchev–Trinajstić information content (AvgIpc) is 2.45. The number of carbonyl (C=O) groups is 1. The third-order valence-corrected chi connectivity index (χ3v) is 2.94. The molecular weight excluding hydrogens is 276 g/mol. The van der Waals surface area contributed by atoms with Crippen LogP contribution >= 0.6 is 0 Å². The first kappa shape index (κ1) is 15.8. The number of nitrogens with zero attached hydrogens (tertiary/aromatic N) is 2. The van der Waals surface area contributed by atoms with E-state index in [9.17, 15) is 4.79 Å². The van der Waals surface area contributed by atoms with Crippen molar-refractivity contribution in [1.82, 2.24) is 9.88 Å². The monoisotopic (exact) mass is 296 g/mol. The van der Waals surface area contributed by atoms with Crippen molar-refractivity contribution >= 4 is 17.0 Å². The van der Waals surface area contributed by atoms with E-state index in [0.29, 0.717) is 6.54 Å². The number of terminal acetylenes is 1. The molecule has 1 aromatic heterocycles. The van der Waals surface area contributed by atoms with Gasteiger partial charge in [0.2, 0.25) is 0 Å². The van der Waals surface area contributed by atoms with Crippen molar-refractivity contribution in [2.75, 3.05) is 6.54 Å². The highest BCUT2D eigenvalue weighted by molar-refractivity contribution is 5.78. The maximum Gasteiger partial charge on any atom is 0.411 e. The van der Waals surface area contributed by atoms with Gasteiger partial charge in [0.05, 0.1) is 24.3 Å². The molecule has 4 nitrogen and oxygen atoms in total. The number of carbonyl (C=O) groups excluding carboxylic acids is 1. The van der Waals surface area contributed by atoms with Crippen molar-refractivity contribution in [1.29, 1.82) is 0 Å². The third kappa shape index (κ3) is 4.23. The summed E-state index contributed by atoms with van der Waals surface area (Å²) in [5.74, 6) is 2.49. The van der Waals surface area contributed by atoms with Gasteiger partial charge in [-0.1, -0.05) is 30.2 Å². The molecule has 0 saturated carbocycles. The molecule has 0 unspecified atom stereocenters. The molecule has 1 aromatic carbocycles. The van der Waals surface area contributed by atoms with Gasteiger partial charge in [0.15, 0.2) is 0 Å². The van der Waals surface area contributed by atoms with Crippen LogP contribution < -0.4 is 0 Å². The van der Waals surface area contributed by atoms with Crippen LogP contribution in [0.15, 0.2) is 36.4 Å². The zero-order chi connectivity index (χ0) is 16.2. The minimum atomic E-state index is -0.555. The number of aromatic nitrogens is 1. The zero-order valence-electron chi connectivity index (χ0n) is 13.2. The fourth-order valence-corrected chi connectivity index (χ4v) is 2.01. The number of para-hydroxylation sites is 1. The van der Waals surface area contributed by atoms with E-state index in [2.05, 4.69) is 10.9 Å². The van der Waals surface area contributed by atoms with Crippen molar-refractivity contribution in [2.45, 2.75) is 32.9 Å². The molecule has 22 heavy (non-hydrogen) atoms. The fraction of sp³-hybridized carbons (Fsp3) is 0.333. The highest BCUT2D eigenvalue weighted by Crippen LogP contribution is 2.15. The minimum absolute atomic E-state index is 0.184. The summed E-state index contributed by atoms with van der Waals surface area (Å²) in [5, 5.41) is 1.06. The standard InChI is InChI=1S/C18H20N2O2/c1-5-12-20(17(21)22-18(2,3)4)13-15-11-10-14-8-6-7-9-16(14)19-15/h1,6-11H,12-13H2,2-4H3. The molecule has 4 heteroatoms. The van der Waals surface area contributed by atoms with Crippen LogP contribution in [0.5, 0.6) is 0 Å². The maximum absolute atomic E-state index is 12.2. The van der Waals surface area contributed by atoms with E-state index in [1.807, 2.05) is 57.2 Å². The van der Waals surface area contributed by atoms with Crippen molar-refractivity contribution < 1.29 is 9.53 Å². The Morgan fingerprint density at radius 2 is 2.00 bits per heavy atom. The van der Waals surface area contributed by atoms with Crippen molar-refractivity contribution in [3.63, 3.8) is 0 Å². The van der Waals surface area contributed by atoms with E-state index < -0.39 is 11.7 Å². The summed E-state index contributed by atoms with van der Waals surface area (Å²) in [6, 6.07) is 11.7. The Labute approximate surface area is 131 Å². The molecule has 0 atom stereocenters. The summed E-state index contributed by atoms with van der Waals surface area (Å²) in [4.78, 5) is 18.2. The third-order valence-electron chi connectivity index (χ3n) is 2.94. The van der Waals surface area contributed by atoms with Crippen LogP contribution in [0.4, 0.5) is 4.79 Å². The Morgan fingerprint density at radius 1 is 1.27 bits per heavy atom. The molecule has 2 rings (SSSR count). The van der Waals surface area contributed by atoms with Gasteiger partial charge in [-0.15, -0.1) is 6.42 Å². The molecule has 0 radical (unpaired) electrons. The molecular formula is C18H20N2O2. The van der Waals surface area contributed by atoms with Crippen LogP contribution in [0.2, 0.25) is 0 Å². The molecule has 0 fully saturated rings. The van der Waals surface area contributed by atoms with Crippen LogP contribution in [0.3, 0.4) is 0 Å². The average molecular weight is 296 g/mol.